The molecule has 2 bridgehead atoms. The monoisotopic (exact) mass is 285 g/mol. The Morgan fingerprint density at radius 1 is 1.19 bits per heavy atom. The van der Waals surface area contributed by atoms with Crippen LogP contribution in [0.25, 0.3) is 0 Å². The topological polar surface area (TPSA) is 66.4 Å². The molecule has 4 nitrogen and oxygen atoms in total. The van der Waals surface area contributed by atoms with Crippen LogP contribution in [0.1, 0.15) is 35.2 Å². The third-order valence-electron chi connectivity index (χ3n) is 5.68. The van der Waals surface area contributed by atoms with Crippen molar-refractivity contribution in [1.82, 2.24) is 5.32 Å². The molecule has 3 aliphatic rings. The third-order valence-corrected chi connectivity index (χ3v) is 5.68. The maximum absolute atomic E-state index is 12.3. The van der Waals surface area contributed by atoms with E-state index in [4.69, 9.17) is 5.11 Å². The smallest absolute Gasteiger partial charge is 0.335 e. The molecular weight excluding hydrogens is 266 g/mol. The molecule has 0 spiro atoms. The van der Waals surface area contributed by atoms with E-state index in [2.05, 4.69) is 5.32 Å². The van der Waals surface area contributed by atoms with E-state index < -0.39 is 5.97 Å². The van der Waals surface area contributed by atoms with E-state index in [1.807, 2.05) is 6.07 Å². The van der Waals surface area contributed by atoms with E-state index in [1.165, 1.54) is 19.3 Å². The molecule has 1 amide bonds. The van der Waals surface area contributed by atoms with Crippen molar-refractivity contribution in [2.45, 2.75) is 25.8 Å². The quantitative estimate of drug-likeness (QED) is 0.892. The van der Waals surface area contributed by atoms with Crippen LogP contribution in [0, 0.1) is 29.6 Å². The molecule has 21 heavy (non-hydrogen) atoms. The van der Waals surface area contributed by atoms with Gasteiger partial charge in [0.25, 0.3) is 0 Å². The van der Waals surface area contributed by atoms with Gasteiger partial charge in [-0.3, -0.25) is 4.79 Å². The van der Waals surface area contributed by atoms with Crippen molar-refractivity contribution in [3.05, 3.63) is 35.4 Å². The van der Waals surface area contributed by atoms with E-state index >= 15 is 0 Å². The number of carboxylic acid groups (broad SMARTS) is 1. The summed E-state index contributed by atoms with van der Waals surface area (Å²) in [6, 6.07) is 6.76. The summed E-state index contributed by atoms with van der Waals surface area (Å²) in [5, 5.41) is 12.0. The van der Waals surface area contributed by atoms with Gasteiger partial charge >= 0.3 is 5.97 Å². The van der Waals surface area contributed by atoms with E-state index in [0.29, 0.717) is 18.4 Å². The second-order valence-electron chi connectivity index (χ2n) is 6.74. The van der Waals surface area contributed by atoms with Gasteiger partial charge in [-0.1, -0.05) is 12.1 Å². The number of fused-ring (bicyclic) bond motifs is 5. The summed E-state index contributed by atoms with van der Waals surface area (Å²) in [6.45, 7) is 0.422. The van der Waals surface area contributed by atoms with Crippen LogP contribution >= 0.6 is 0 Å². The highest BCUT2D eigenvalue weighted by molar-refractivity contribution is 5.87. The van der Waals surface area contributed by atoms with Gasteiger partial charge in [0.1, 0.15) is 0 Å². The van der Waals surface area contributed by atoms with Gasteiger partial charge in [0.2, 0.25) is 5.91 Å². The lowest BCUT2D eigenvalue weighted by molar-refractivity contribution is -0.123. The molecule has 1 aromatic rings. The zero-order valence-electron chi connectivity index (χ0n) is 11.8. The van der Waals surface area contributed by atoms with E-state index in [-0.39, 0.29) is 17.4 Å². The van der Waals surface area contributed by atoms with Crippen molar-refractivity contribution in [2.75, 3.05) is 0 Å². The van der Waals surface area contributed by atoms with Gasteiger partial charge in [-0.05, 0) is 60.6 Å². The van der Waals surface area contributed by atoms with Gasteiger partial charge in [-0.2, -0.15) is 0 Å². The summed E-state index contributed by atoms with van der Waals surface area (Å²) in [6.07, 6.45) is 3.98. The Morgan fingerprint density at radius 3 is 2.57 bits per heavy atom. The van der Waals surface area contributed by atoms with Crippen molar-refractivity contribution in [1.29, 1.82) is 0 Å². The van der Waals surface area contributed by atoms with Gasteiger partial charge in [-0.15, -0.1) is 0 Å². The van der Waals surface area contributed by atoms with Crippen molar-refractivity contribution in [3.8, 4) is 0 Å². The predicted molar refractivity (Wildman–Crippen MR) is 76.5 cm³/mol. The number of rotatable bonds is 4. The number of nitrogens with one attached hydrogen (secondary N) is 1. The molecule has 0 unspecified atom stereocenters. The number of carboxylic acids is 1. The number of hydrogen-bond acceptors (Lipinski definition) is 2. The fourth-order valence-corrected chi connectivity index (χ4v) is 4.80. The molecule has 0 heterocycles. The van der Waals surface area contributed by atoms with Crippen molar-refractivity contribution in [2.24, 2.45) is 29.6 Å². The summed E-state index contributed by atoms with van der Waals surface area (Å²) in [7, 11) is 0. The Balaban J connectivity index is 1.36. The first kappa shape index (κ1) is 12.9. The van der Waals surface area contributed by atoms with Crippen molar-refractivity contribution < 1.29 is 14.7 Å². The van der Waals surface area contributed by atoms with Crippen LogP contribution in [-0.4, -0.2) is 17.0 Å². The summed E-state index contributed by atoms with van der Waals surface area (Å²) in [4.78, 5) is 23.2. The Labute approximate surface area is 123 Å². The number of amides is 1. The zero-order valence-corrected chi connectivity index (χ0v) is 11.8. The molecule has 2 N–H and O–H groups in total. The van der Waals surface area contributed by atoms with Gasteiger partial charge in [-0.25, -0.2) is 4.79 Å². The summed E-state index contributed by atoms with van der Waals surface area (Å²) >= 11 is 0. The average molecular weight is 285 g/mol. The van der Waals surface area contributed by atoms with Crippen LogP contribution < -0.4 is 5.32 Å². The highest BCUT2D eigenvalue weighted by atomic mass is 16.4. The number of carbonyl (C=O) groups excluding carboxylic acids is 1. The minimum atomic E-state index is -0.934. The summed E-state index contributed by atoms with van der Waals surface area (Å²) in [5.74, 6) is 2.36. The van der Waals surface area contributed by atoms with Crippen LogP contribution in [-0.2, 0) is 11.3 Å². The maximum atomic E-state index is 12.3. The molecule has 4 rings (SSSR count). The van der Waals surface area contributed by atoms with E-state index in [9.17, 15) is 9.59 Å². The lowest BCUT2D eigenvalue weighted by atomic mass is 10.0. The third kappa shape index (κ3) is 2.04. The molecule has 0 aliphatic heterocycles. The standard InChI is InChI=1S/C17H19NO3/c19-16(15-13-10-4-5-11(7-10)14(13)15)18-8-9-2-1-3-12(6-9)17(20)21/h1-3,6,10-11,13-15H,4-5,7-8H2,(H,18,19)(H,20,21)/t10-,11-,13+,14+/m1/s1. The molecular formula is C17H19NO3. The molecule has 110 valence electrons. The SMILES string of the molecule is O=C(O)c1cccc(CNC(=O)C2[C@H]3[C@@H]4CC[C@H](C4)[C@H]23)c1. The molecule has 0 radical (unpaired) electrons. The number of aromatic carboxylic acids is 1. The summed E-state index contributed by atoms with van der Waals surface area (Å²) < 4.78 is 0. The lowest BCUT2D eigenvalue weighted by Gasteiger charge is -2.10. The molecule has 4 heteroatoms. The Kier molecular flexibility index (Phi) is 2.81. The minimum absolute atomic E-state index is 0.169. The van der Waals surface area contributed by atoms with E-state index in [0.717, 1.165) is 17.4 Å². The molecule has 3 saturated carbocycles. The Morgan fingerprint density at radius 2 is 1.90 bits per heavy atom. The van der Waals surface area contributed by atoms with Gasteiger partial charge < -0.3 is 10.4 Å². The number of benzene rings is 1. The van der Waals surface area contributed by atoms with Gasteiger partial charge in [0.05, 0.1) is 5.56 Å². The predicted octanol–water partition coefficient (Wildman–Crippen LogP) is 2.29. The van der Waals surface area contributed by atoms with E-state index in [1.54, 1.807) is 18.2 Å². The molecule has 3 aliphatic carbocycles. The second kappa shape index (κ2) is 4.58. The van der Waals surface area contributed by atoms with Crippen LogP contribution in [0.2, 0.25) is 0 Å². The Bertz CT molecular complexity index is 596. The molecule has 3 fully saturated rings. The molecule has 1 aromatic carbocycles. The van der Waals surface area contributed by atoms with Crippen LogP contribution in [0.4, 0.5) is 0 Å². The summed E-state index contributed by atoms with van der Waals surface area (Å²) in [5.41, 5.74) is 1.11. The highest BCUT2D eigenvalue weighted by Gasteiger charge is 2.67. The molecule has 4 atom stereocenters. The normalized spacial score (nSPS) is 35.3. The van der Waals surface area contributed by atoms with Gasteiger partial charge in [0.15, 0.2) is 0 Å². The second-order valence-corrected chi connectivity index (χ2v) is 6.74. The lowest BCUT2D eigenvalue weighted by Crippen LogP contribution is -2.27. The first-order valence-electron chi connectivity index (χ1n) is 7.75. The fraction of sp³-hybridized carbons (Fsp3) is 0.529. The van der Waals surface area contributed by atoms with Crippen LogP contribution in [0.3, 0.4) is 0 Å². The largest absolute Gasteiger partial charge is 0.478 e. The Hall–Kier alpha value is -1.84. The average Bonchev–Trinajstić information content (AvgIpc) is 2.93. The zero-order chi connectivity index (χ0) is 14.6. The van der Waals surface area contributed by atoms with Crippen LogP contribution in [0.15, 0.2) is 24.3 Å². The van der Waals surface area contributed by atoms with Crippen molar-refractivity contribution >= 4 is 11.9 Å². The van der Waals surface area contributed by atoms with Crippen LogP contribution in [0.5, 0.6) is 0 Å². The maximum Gasteiger partial charge on any atom is 0.335 e. The fourth-order valence-electron chi connectivity index (χ4n) is 4.80. The number of carbonyl (C=O) groups is 2. The minimum Gasteiger partial charge on any atom is -0.478 e. The molecule has 0 aromatic heterocycles. The first-order valence-corrected chi connectivity index (χ1v) is 7.75. The first-order chi connectivity index (χ1) is 10.1. The van der Waals surface area contributed by atoms with Gasteiger partial charge in [0, 0.05) is 12.5 Å². The van der Waals surface area contributed by atoms with Crippen molar-refractivity contribution in [3.63, 3.8) is 0 Å². The number of hydrogen-bond donors (Lipinski definition) is 2. The molecule has 0 saturated heterocycles. The highest BCUT2D eigenvalue weighted by Crippen LogP contribution is 2.69.